The van der Waals surface area contributed by atoms with Crippen LogP contribution in [-0.2, 0) is 0 Å². The van der Waals surface area contributed by atoms with E-state index in [1.54, 1.807) is 37.3 Å². The van der Waals surface area contributed by atoms with Crippen molar-refractivity contribution in [1.82, 2.24) is 24.9 Å². The molecule has 3 heterocycles. The number of carbonyl (C=O) groups is 1. The lowest BCUT2D eigenvalue weighted by atomic mass is 10.2. The predicted molar refractivity (Wildman–Crippen MR) is 138 cm³/mol. The van der Waals surface area contributed by atoms with Crippen molar-refractivity contribution in [2.75, 3.05) is 50.6 Å². The summed E-state index contributed by atoms with van der Waals surface area (Å²) in [5.41, 5.74) is 4.28. The molecular formula is C26H29N7O3. The van der Waals surface area contributed by atoms with Crippen LogP contribution in [0.3, 0.4) is 0 Å². The third-order valence-corrected chi connectivity index (χ3v) is 6.50. The number of anilines is 2. The highest BCUT2D eigenvalue weighted by Gasteiger charge is 2.26. The van der Waals surface area contributed by atoms with E-state index in [1.165, 1.54) is 0 Å². The van der Waals surface area contributed by atoms with Crippen LogP contribution in [0.2, 0.25) is 0 Å². The van der Waals surface area contributed by atoms with E-state index in [1.807, 2.05) is 41.9 Å². The first-order chi connectivity index (χ1) is 17.5. The number of para-hydroxylation sites is 1. The summed E-state index contributed by atoms with van der Waals surface area (Å²) >= 11 is 0. The van der Waals surface area contributed by atoms with Gasteiger partial charge in [0.2, 0.25) is 0 Å². The van der Waals surface area contributed by atoms with Crippen LogP contribution < -0.4 is 19.7 Å². The minimum atomic E-state index is -0.178. The molecule has 10 nitrogen and oxygen atoms in total. The molecule has 0 unspecified atom stereocenters. The molecule has 0 radical (unpaired) electrons. The van der Waals surface area contributed by atoms with Crippen molar-refractivity contribution in [3.05, 3.63) is 59.9 Å². The number of urea groups is 1. The molecule has 1 saturated heterocycles. The van der Waals surface area contributed by atoms with Gasteiger partial charge in [0.1, 0.15) is 17.0 Å². The highest BCUT2D eigenvalue weighted by Crippen LogP contribution is 2.31. The SMILES string of the molecule is COc1ccc(NC(=O)N2CCN(c3nnc(C)c4c(C)n(-c5ccccc5)nc34)CC2)c(OC)c1. The van der Waals surface area contributed by atoms with Crippen LogP contribution in [0.4, 0.5) is 16.3 Å². The second-order valence-electron chi connectivity index (χ2n) is 8.64. The average Bonchev–Trinajstić information content (AvgIpc) is 3.27. The summed E-state index contributed by atoms with van der Waals surface area (Å²) in [6, 6.07) is 15.2. The van der Waals surface area contributed by atoms with Gasteiger partial charge < -0.3 is 24.6 Å². The molecule has 5 rings (SSSR count). The summed E-state index contributed by atoms with van der Waals surface area (Å²) in [6.45, 7) is 6.34. The lowest BCUT2D eigenvalue weighted by Crippen LogP contribution is -2.50. The lowest BCUT2D eigenvalue weighted by Gasteiger charge is -2.35. The molecule has 36 heavy (non-hydrogen) atoms. The number of amides is 2. The first-order valence-electron chi connectivity index (χ1n) is 11.8. The van der Waals surface area contributed by atoms with Crippen molar-refractivity contribution in [2.45, 2.75) is 13.8 Å². The Morgan fingerprint density at radius 2 is 1.69 bits per heavy atom. The Hall–Kier alpha value is -4.34. The van der Waals surface area contributed by atoms with Gasteiger partial charge in [0, 0.05) is 32.2 Å². The summed E-state index contributed by atoms with van der Waals surface area (Å²) in [7, 11) is 3.15. The Kier molecular flexibility index (Phi) is 6.32. The molecule has 1 fully saturated rings. The molecule has 0 atom stereocenters. The van der Waals surface area contributed by atoms with E-state index in [0.717, 1.165) is 33.8 Å². The topological polar surface area (TPSA) is 97.6 Å². The van der Waals surface area contributed by atoms with Crippen LogP contribution in [-0.4, -0.2) is 71.3 Å². The number of ether oxygens (including phenoxy) is 2. The maximum atomic E-state index is 13.0. The molecule has 2 aromatic carbocycles. The molecule has 2 aromatic heterocycles. The Morgan fingerprint density at radius 3 is 2.39 bits per heavy atom. The maximum absolute atomic E-state index is 13.0. The second-order valence-corrected chi connectivity index (χ2v) is 8.64. The standard InChI is InChI=1S/C26H29N7O3/c1-17-23-18(2)33(19-8-6-5-7-9-19)30-24(23)25(29-28-17)31-12-14-32(15-13-31)26(34)27-21-11-10-20(35-3)16-22(21)36-4/h5-11,16H,12-15H2,1-4H3,(H,27,34). The largest absolute Gasteiger partial charge is 0.497 e. The van der Waals surface area contributed by atoms with E-state index < -0.39 is 0 Å². The first-order valence-corrected chi connectivity index (χ1v) is 11.8. The number of nitrogens with zero attached hydrogens (tertiary/aromatic N) is 6. The van der Waals surface area contributed by atoms with Crippen LogP contribution in [0.15, 0.2) is 48.5 Å². The summed E-state index contributed by atoms with van der Waals surface area (Å²) in [4.78, 5) is 16.9. The van der Waals surface area contributed by atoms with Crippen molar-refractivity contribution >= 4 is 28.4 Å². The van der Waals surface area contributed by atoms with Gasteiger partial charge >= 0.3 is 6.03 Å². The van der Waals surface area contributed by atoms with Gasteiger partial charge in [0.05, 0.1) is 42.4 Å². The molecule has 1 aliphatic heterocycles. The molecule has 1 N–H and O–H groups in total. The molecule has 1 aliphatic rings. The van der Waals surface area contributed by atoms with Gasteiger partial charge in [0.25, 0.3) is 0 Å². The Bertz CT molecular complexity index is 1400. The molecular weight excluding hydrogens is 458 g/mol. The van der Waals surface area contributed by atoms with Crippen LogP contribution >= 0.6 is 0 Å². The number of aromatic nitrogens is 4. The van der Waals surface area contributed by atoms with Crippen molar-refractivity contribution in [2.24, 2.45) is 0 Å². The van der Waals surface area contributed by atoms with Crippen molar-refractivity contribution < 1.29 is 14.3 Å². The predicted octanol–water partition coefficient (Wildman–Crippen LogP) is 3.80. The summed E-state index contributed by atoms with van der Waals surface area (Å²) in [6.07, 6.45) is 0. The number of fused-ring (bicyclic) bond motifs is 1. The van der Waals surface area contributed by atoms with Gasteiger partial charge in [-0.1, -0.05) is 18.2 Å². The van der Waals surface area contributed by atoms with Crippen LogP contribution in [0.25, 0.3) is 16.6 Å². The van der Waals surface area contributed by atoms with Gasteiger partial charge in [-0.2, -0.15) is 10.2 Å². The Morgan fingerprint density at radius 1 is 0.944 bits per heavy atom. The van der Waals surface area contributed by atoms with Crippen molar-refractivity contribution in [1.29, 1.82) is 0 Å². The van der Waals surface area contributed by atoms with E-state index in [4.69, 9.17) is 14.6 Å². The molecule has 0 aliphatic carbocycles. The Balaban J connectivity index is 1.33. The number of piperazine rings is 1. The van der Waals surface area contributed by atoms with E-state index in [2.05, 4.69) is 27.3 Å². The van der Waals surface area contributed by atoms with Gasteiger partial charge in [-0.3, -0.25) is 0 Å². The van der Waals surface area contributed by atoms with Gasteiger partial charge in [-0.15, -0.1) is 5.10 Å². The van der Waals surface area contributed by atoms with Crippen LogP contribution in [0, 0.1) is 13.8 Å². The number of hydrogen-bond donors (Lipinski definition) is 1. The quantitative estimate of drug-likeness (QED) is 0.457. The summed E-state index contributed by atoms with van der Waals surface area (Å²) < 4.78 is 12.6. The maximum Gasteiger partial charge on any atom is 0.322 e. The van der Waals surface area contributed by atoms with E-state index in [0.29, 0.717) is 43.4 Å². The monoisotopic (exact) mass is 487 g/mol. The highest BCUT2D eigenvalue weighted by molar-refractivity contribution is 5.93. The highest BCUT2D eigenvalue weighted by atomic mass is 16.5. The zero-order chi connectivity index (χ0) is 25.2. The molecule has 10 heteroatoms. The number of rotatable bonds is 5. The number of nitrogens with one attached hydrogen (secondary N) is 1. The normalized spacial score (nSPS) is 13.7. The second kappa shape index (κ2) is 9.73. The minimum Gasteiger partial charge on any atom is -0.497 e. The smallest absolute Gasteiger partial charge is 0.322 e. The average molecular weight is 488 g/mol. The minimum absolute atomic E-state index is 0.178. The zero-order valence-electron chi connectivity index (χ0n) is 20.9. The number of benzene rings is 2. The lowest BCUT2D eigenvalue weighted by molar-refractivity contribution is 0.208. The number of methoxy groups -OCH3 is 2. The fourth-order valence-electron chi connectivity index (χ4n) is 4.56. The summed E-state index contributed by atoms with van der Waals surface area (Å²) in [5, 5.41) is 17.8. The van der Waals surface area contributed by atoms with Gasteiger partial charge in [-0.05, 0) is 38.1 Å². The molecule has 186 valence electrons. The number of carbonyl (C=O) groups excluding carboxylic acids is 1. The third-order valence-electron chi connectivity index (χ3n) is 6.50. The number of hydrogen-bond acceptors (Lipinski definition) is 7. The fraction of sp³-hybridized carbons (Fsp3) is 0.308. The Labute approximate surface area is 209 Å². The van der Waals surface area contributed by atoms with Gasteiger partial charge in [-0.25, -0.2) is 9.48 Å². The third kappa shape index (κ3) is 4.26. The molecule has 2 amide bonds. The van der Waals surface area contributed by atoms with Crippen LogP contribution in [0.5, 0.6) is 11.5 Å². The van der Waals surface area contributed by atoms with E-state index in [-0.39, 0.29) is 6.03 Å². The van der Waals surface area contributed by atoms with Gasteiger partial charge in [0.15, 0.2) is 5.82 Å². The van der Waals surface area contributed by atoms with Crippen LogP contribution in [0.1, 0.15) is 11.4 Å². The molecule has 0 bridgehead atoms. The van der Waals surface area contributed by atoms with E-state index >= 15 is 0 Å². The van der Waals surface area contributed by atoms with Crippen molar-refractivity contribution in [3.63, 3.8) is 0 Å². The number of aryl methyl sites for hydroxylation is 2. The molecule has 0 saturated carbocycles. The van der Waals surface area contributed by atoms with E-state index in [9.17, 15) is 4.79 Å². The summed E-state index contributed by atoms with van der Waals surface area (Å²) in [5.74, 6) is 1.95. The first kappa shape index (κ1) is 23.4. The van der Waals surface area contributed by atoms with Crippen molar-refractivity contribution in [3.8, 4) is 17.2 Å². The fourth-order valence-corrected chi connectivity index (χ4v) is 4.56. The molecule has 0 spiro atoms. The molecule has 4 aromatic rings. The zero-order valence-corrected chi connectivity index (χ0v) is 20.9.